The van der Waals surface area contributed by atoms with Crippen LogP contribution in [0, 0.1) is 11.8 Å². The van der Waals surface area contributed by atoms with Crippen molar-refractivity contribution < 1.29 is 33.6 Å². The molecule has 0 saturated heterocycles. The van der Waals surface area contributed by atoms with E-state index in [1.807, 2.05) is 48.5 Å². The maximum Gasteiger partial charge on any atom is 0.379 e. The first kappa shape index (κ1) is 34.7. The Labute approximate surface area is 280 Å². The molecular formula is C39H50O7Si. The fraction of sp³-hybridized carbons (Fsp3) is 0.462. The van der Waals surface area contributed by atoms with Gasteiger partial charge in [0, 0.05) is 5.92 Å². The third-order valence-electron chi connectivity index (χ3n) is 9.37. The van der Waals surface area contributed by atoms with Crippen LogP contribution in [0.2, 0.25) is 5.04 Å². The summed E-state index contributed by atoms with van der Waals surface area (Å²) < 4.78 is 19.5. The van der Waals surface area contributed by atoms with Gasteiger partial charge in [0.25, 0.3) is 8.32 Å². The molecule has 1 aliphatic carbocycles. The molecule has 0 radical (unpaired) electrons. The molecule has 0 spiro atoms. The Morgan fingerprint density at radius 1 is 0.979 bits per heavy atom. The topological polar surface area (TPSA) is 83.5 Å². The molecule has 1 unspecified atom stereocenters. The number of fused-ring (bicyclic) bond motifs is 2. The van der Waals surface area contributed by atoms with Crippen molar-refractivity contribution in [2.45, 2.75) is 96.5 Å². The molecule has 3 aromatic carbocycles. The Morgan fingerprint density at radius 2 is 1.66 bits per heavy atom. The van der Waals surface area contributed by atoms with Gasteiger partial charge in [-0.2, -0.15) is 0 Å². The lowest BCUT2D eigenvalue weighted by Gasteiger charge is -2.42. The van der Waals surface area contributed by atoms with E-state index < -0.39 is 20.4 Å². The largest absolute Gasteiger partial charge is 0.482 e. The monoisotopic (exact) mass is 658 g/mol. The van der Waals surface area contributed by atoms with Gasteiger partial charge in [0.1, 0.15) is 18.8 Å². The molecule has 2 aliphatic rings. The molecule has 8 heteroatoms. The van der Waals surface area contributed by atoms with Gasteiger partial charge in [-0.3, -0.25) is 4.89 Å². The van der Waals surface area contributed by atoms with Gasteiger partial charge in [-0.05, 0) is 52.7 Å². The molecule has 0 bridgehead atoms. The van der Waals surface area contributed by atoms with Gasteiger partial charge in [-0.15, -0.1) is 0 Å². The van der Waals surface area contributed by atoms with Crippen LogP contribution in [-0.2, 0) is 14.1 Å². The summed E-state index contributed by atoms with van der Waals surface area (Å²) in [6.45, 7) is 10.6. The first-order chi connectivity index (χ1) is 22.6. The Hall–Kier alpha value is -3.59. The van der Waals surface area contributed by atoms with E-state index in [1.54, 1.807) is 12.1 Å². The summed E-state index contributed by atoms with van der Waals surface area (Å²) in [6, 6.07) is 25.6. The van der Waals surface area contributed by atoms with Crippen LogP contribution in [0.4, 0.5) is 0 Å². The molecular weight excluding hydrogens is 609 g/mol. The summed E-state index contributed by atoms with van der Waals surface area (Å²) in [4.78, 5) is 24.1. The van der Waals surface area contributed by atoms with Crippen LogP contribution in [0.1, 0.15) is 73.1 Å². The quantitative estimate of drug-likeness (QED) is 0.0853. The highest BCUT2D eigenvalue weighted by Gasteiger charge is 2.50. The smallest absolute Gasteiger partial charge is 0.379 e. The van der Waals surface area contributed by atoms with Gasteiger partial charge < -0.3 is 19.0 Å². The lowest BCUT2D eigenvalue weighted by molar-refractivity contribution is -0.216. The Kier molecular flexibility index (Phi) is 11.5. The van der Waals surface area contributed by atoms with Crippen LogP contribution >= 0.6 is 0 Å². The molecule has 5 atom stereocenters. The van der Waals surface area contributed by atoms with Gasteiger partial charge in [-0.1, -0.05) is 133 Å². The summed E-state index contributed by atoms with van der Waals surface area (Å²) in [7, 11) is -2.92. The number of para-hydroxylation sites is 1. The van der Waals surface area contributed by atoms with Crippen molar-refractivity contribution in [3.63, 3.8) is 0 Å². The van der Waals surface area contributed by atoms with Crippen LogP contribution in [0.25, 0.3) is 0 Å². The second-order valence-electron chi connectivity index (χ2n) is 14.0. The van der Waals surface area contributed by atoms with E-state index in [9.17, 15) is 9.90 Å². The number of rotatable bonds is 14. The molecule has 7 nitrogen and oxygen atoms in total. The molecule has 1 heterocycles. The zero-order valence-electron chi connectivity index (χ0n) is 28.4. The molecule has 0 aromatic heterocycles. The summed E-state index contributed by atoms with van der Waals surface area (Å²) in [5, 5.41) is 12.5. The summed E-state index contributed by atoms with van der Waals surface area (Å²) in [5.74, 6) is 1.14. The minimum atomic E-state index is -2.92. The number of hydrogen-bond acceptors (Lipinski definition) is 7. The normalized spacial score (nSPS) is 20.4. The van der Waals surface area contributed by atoms with Crippen molar-refractivity contribution in [1.82, 2.24) is 0 Å². The maximum atomic E-state index is 13.2. The summed E-state index contributed by atoms with van der Waals surface area (Å²) >= 11 is 0. The predicted octanol–water partition coefficient (Wildman–Crippen LogP) is 7.15. The zero-order chi connectivity index (χ0) is 33.4. The lowest BCUT2D eigenvalue weighted by atomic mass is 9.96. The average Bonchev–Trinajstić information content (AvgIpc) is 3.46. The predicted molar refractivity (Wildman–Crippen MR) is 187 cm³/mol. The third-order valence-corrected chi connectivity index (χ3v) is 14.4. The lowest BCUT2D eigenvalue weighted by Crippen LogP contribution is -2.67. The van der Waals surface area contributed by atoms with E-state index in [1.165, 1.54) is 12.8 Å². The van der Waals surface area contributed by atoms with Crippen molar-refractivity contribution in [2.75, 3.05) is 6.61 Å². The minimum Gasteiger partial charge on any atom is -0.482 e. The molecule has 0 amide bonds. The van der Waals surface area contributed by atoms with Gasteiger partial charge >= 0.3 is 5.97 Å². The van der Waals surface area contributed by atoms with Crippen LogP contribution in [0.5, 0.6) is 17.2 Å². The van der Waals surface area contributed by atoms with Crippen LogP contribution in [0.15, 0.2) is 91.0 Å². The number of aliphatic hydroxyl groups excluding tert-OH is 1. The molecule has 252 valence electrons. The van der Waals surface area contributed by atoms with Gasteiger partial charge in [0.2, 0.25) is 11.5 Å². The van der Waals surface area contributed by atoms with Crippen LogP contribution in [-0.4, -0.2) is 44.3 Å². The highest BCUT2D eigenvalue weighted by molar-refractivity contribution is 6.99. The van der Waals surface area contributed by atoms with Crippen LogP contribution < -0.4 is 24.7 Å². The first-order valence-electron chi connectivity index (χ1n) is 17.1. The standard InChI is InChI=1S/C39H50O7Si/c1-6-7-15-28(2)26-30(40)24-22-29-23-25-34-37(29)44-38-33(43-34)20-14-21-35(38)45-46-36(41)27-42-47(39(3,4)5,31-16-10-8-11-17-31)32-18-12-9-13-19-32/h8-14,16-22,24,28-30,34,37,40H,6-7,15,23,25-27H2,1-5H3/b24-22+/t28-,29+,30?,34+,37-/m0/s1. The molecule has 1 aliphatic heterocycles. The summed E-state index contributed by atoms with van der Waals surface area (Å²) in [6.07, 6.45) is 9.13. The van der Waals surface area contributed by atoms with E-state index in [-0.39, 0.29) is 35.5 Å². The van der Waals surface area contributed by atoms with E-state index in [0.717, 1.165) is 36.1 Å². The molecule has 5 rings (SSSR count). The van der Waals surface area contributed by atoms with Gasteiger partial charge in [-0.25, -0.2) is 9.68 Å². The van der Waals surface area contributed by atoms with E-state index >= 15 is 0 Å². The van der Waals surface area contributed by atoms with Crippen molar-refractivity contribution >= 4 is 24.7 Å². The number of unbranched alkanes of at least 4 members (excludes halogenated alkanes) is 1. The number of ether oxygens (including phenoxy) is 2. The minimum absolute atomic E-state index is 0.0872. The highest BCUT2D eigenvalue weighted by atomic mass is 28.4. The highest BCUT2D eigenvalue weighted by Crippen LogP contribution is 2.47. The number of aliphatic hydroxyl groups is 1. The number of hydrogen-bond donors (Lipinski definition) is 1. The zero-order valence-corrected chi connectivity index (χ0v) is 29.4. The maximum absolute atomic E-state index is 13.2. The Balaban J connectivity index is 1.25. The van der Waals surface area contributed by atoms with Crippen molar-refractivity contribution in [3.05, 3.63) is 91.0 Å². The second-order valence-corrected chi connectivity index (χ2v) is 18.3. The SMILES string of the molecule is CCCC[C@H](C)CC(O)/C=C/[C@@H]1CC[C@H]2Oc3cccc(OOC(=O)CO[Si](c4ccccc4)(c4ccccc4)C(C)(C)C)c3O[C@@H]12. The number of benzene rings is 3. The van der Waals surface area contributed by atoms with E-state index in [0.29, 0.717) is 17.4 Å². The van der Waals surface area contributed by atoms with Crippen molar-refractivity contribution in [2.24, 2.45) is 11.8 Å². The third kappa shape index (κ3) is 8.11. The fourth-order valence-electron chi connectivity index (χ4n) is 7.00. The number of carbonyl (C=O) groups excluding carboxylic acids is 1. The average molecular weight is 659 g/mol. The molecule has 47 heavy (non-hydrogen) atoms. The molecule has 1 N–H and O–H groups in total. The Morgan fingerprint density at radius 3 is 2.30 bits per heavy atom. The van der Waals surface area contributed by atoms with Crippen molar-refractivity contribution in [1.29, 1.82) is 0 Å². The van der Waals surface area contributed by atoms with Crippen LogP contribution in [0.3, 0.4) is 0 Å². The van der Waals surface area contributed by atoms with E-state index in [2.05, 4.69) is 65.0 Å². The molecule has 1 fully saturated rings. The second kappa shape index (κ2) is 15.5. The molecule has 1 saturated carbocycles. The fourth-order valence-corrected chi connectivity index (χ4v) is 11.5. The number of carbonyl (C=O) groups is 1. The first-order valence-corrected chi connectivity index (χ1v) is 19.0. The van der Waals surface area contributed by atoms with Gasteiger partial charge in [0.15, 0.2) is 5.75 Å². The summed E-state index contributed by atoms with van der Waals surface area (Å²) in [5.41, 5.74) is 0. The van der Waals surface area contributed by atoms with Crippen molar-refractivity contribution in [3.8, 4) is 17.2 Å². The van der Waals surface area contributed by atoms with E-state index in [4.69, 9.17) is 23.7 Å². The Bertz CT molecular complexity index is 1430. The van der Waals surface area contributed by atoms with Gasteiger partial charge in [0.05, 0.1) is 6.10 Å². The molecule has 3 aromatic rings.